The van der Waals surface area contributed by atoms with Crippen molar-refractivity contribution < 1.29 is 32.3 Å². The highest BCUT2D eigenvalue weighted by molar-refractivity contribution is 7.15. The highest BCUT2D eigenvalue weighted by Crippen LogP contribution is 2.40. The van der Waals surface area contributed by atoms with E-state index >= 15 is 0 Å². The molecule has 3 N–H and O–H groups in total. The molecular weight excluding hydrogens is 731 g/mol. The standard InChI is InChI=1S/C37H35ClF3N7O4S/c1-20-21(2)53-34-31(20)32(24-6-8-26(38)9-7-24)44-29(33-46-45-22(3)48(33)34)18-30(49)47-15-12-23(13-16-47)19-43-27-10-11-28(25(17-27)5-4-14-42)35(50)52-36(51)37(39,40)41/h6-11,17,23,29,43H,12-16,18-19,42H2,1-3H3/t29-/m0/s1. The average molecular weight is 766 g/mol. The minimum absolute atomic E-state index is 0.0411. The zero-order chi connectivity index (χ0) is 38.0. The lowest BCUT2D eigenvalue weighted by Gasteiger charge is -2.33. The molecule has 1 amide bonds. The van der Waals surface area contributed by atoms with Gasteiger partial charge in [-0.2, -0.15) is 13.2 Å². The summed E-state index contributed by atoms with van der Waals surface area (Å²) in [5.41, 5.74) is 9.55. The molecule has 1 fully saturated rings. The van der Waals surface area contributed by atoms with Crippen molar-refractivity contribution in [2.24, 2.45) is 16.6 Å². The van der Waals surface area contributed by atoms with Crippen molar-refractivity contribution in [1.82, 2.24) is 19.7 Å². The van der Waals surface area contributed by atoms with E-state index in [9.17, 15) is 27.6 Å². The number of nitrogens with zero attached hydrogens (tertiary/aromatic N) is 5. The normalized spacial score (nSPS) is 15.7. The number of aryl methyl sites for hydroxylation is 2. The summed E-state index contributed by atoms with van der Waals surface area (Å²) in [5, 5.41) is 13.8. The number of carbonyl (C=O) groups is 3. The van der Waals surface area contributed by atoms with Crippen LogP contribution in [0.4, 0.5) is 18.9 Å². The fourth-order valence-electron chi connectivity index (χ4n) is 6.35. The number of anilines is 1. The number of halogens is 4. The summed E-state index contributed by atoms with van der Waals surface area (Å²) >= 11 is 7.87. The van der Waals surface area contributed by atoms with Gasteiger partial charge < -0.3 is 20.7 Å². The van der Waals surface area contributed by atoms with E-state index in [0.717, 1.165) is 45.1 Å². The highest BCUT2D eigenvalue weighted by atomic mass is 35.5. The number of ether oxygens (including phenoxy) is 1. The van der Waals surface area contributed by atoms with Crippen LogP contribution in [0.2, 0.25) is 5.02 Å². The fraction of sp³-hybridized carbons (Fsp3) is 0.351. The summed E-state index contributed by atoms with van der Waals surface area (Å²) < 4.78 is 43.9. The van der Waals surface area contributed by atoms with Crippen LogP contribution in [0.3, 0.4) is 0 Å². The van der Waals surface area contributed by atoms with E-state index in [1.165, 1.54) is 18.2 Å². The first kappa shape index (κ1) is 37.7. The number of alkyl halides is 3. The monoisotopic (exact) mass is 765 g/mol. The van der Waals surface area contributed by atoms with Crippen molar-refractivity contribution >= 4 is 52.2 Å². The Labute approximate surface area is 312 Å². The Morgan fingerprint density at radius 1 is 1.08 bits per heavy atom. The Morgan fingerprint density at radius 2 is 1.79 bits per heavy atom. The molecule has 0 radical (unpaired) electrons. The lowest BCUT2D eigenvalue weighted by Crippen LogP contribution is -2.40. The molecule has 2 aliphatic rings. The number of amides is 1. The van der Waals surface area contributed by atoms with E-state index in [1.807, 2.05) is 40.7 Å². The lowest BCUT2D eigenvalue weighted by atomic mass is 9.96. The van der Waals surface area contributed by atoms with Gasteiger partial charge in [0.25, 0.3) is 0 Å². The summed E-state index contributed by atoms with van der Waals surface area (Å²) in [5.74, 6) is 2.63. The van der Waals surface area contributed by atoms with Crippen molar-refractivity contribution in [2.45, 2.75) is 52.3 Å². The smallest absolute Gasteiger partial charge is 0.385 e. The van der Waals surface area contributed by atoms with Gasteiger partial charge in [0, 0.05) is 51.9 Å². The third-order valence-electron chi connectivity index (χ3n) is 9.27. The molecule has 276 valence electrons. The van der Waals surface area contributed by atoms with Crippen LogP contribution >= 0.6 is 22.9 Å². The molecule has 0 aliphatic carbocycles. The SMILES string of the molecule is Cc1sc2c(c1C)C(c1ccc(Cl)cc1)=N[C@@H](CC(=O)N1CCC(CNc3ccc(C(=O)OC(=O)C(F)(F)F)c(C#CCN)c3)CC1)c1nnc(C)n1-2. The summed E-state index contributed by atoms with van der Waals surface area (Å²) in [6, 6.07) is 11.2. The van der Waals surface area contributed by atoms with Gasteiger partial charge in [-0.3, -0.25) is 14.4 Å². The van der Waals surface area contributed by atoms with Gasteiger partial charge in [0.15, 0.2) is 5.82 Å². The van der Waals surface area contributed by atoms with Crippen LogP contribution in [0.15, 0.2) is 47.5 Å². The zero-order valence-electron chi connectivity index (χ0n) is 29.0. The van der Waals surface area contributed by atoms with Gasteiger partial charge in [0.2, 0.25) is 5.91 Å². The van der Waals surface area contributed by atoms with Gasteiger partial charge in [-0.15, -0.1) is 21.5 Å². The molecule has 1 saturated heterocycles. The summed E-state index contributed by atoms with van der Waals surface area (Å²) in [6.45, 7) is 7.59. The number of likely N-dealkylation sites (tertiary alicyclic amines) is 1. The number of rotatable bonds is 7. The highest BCUT2D eigenvalue weighted by Gasteiger charge is 2.43. The molecule has 53 heavy (non-hydrogen) atoms. The van der Waals surface area contributed by atoms with Gasteiger partial charge in [0.05, 0.1) is 24.2 Å². The van der Waals surface area contributed by atoms with Gasteiger partial charge in [-0.05, 0) is 75.4 Å². The second-order valence-corrected chi connectivity index (χ2v) is 14.4. The molecule has 0 bridgehead atoms. The Bertz CT molecular complexity index is 2160. The van der Waals surface area contributed by atoms with Crippen molar-refractivity contribution in [3.63, 3.8) is 0 Å². The Hall–Kier alpha value is -5.04. The maximum absolute atomic E-state index is 13.9. The van der Waals surface area contributed by atoms with Gasteiger partial charge in [-0.25, -0.2) is 9.59 Å². The number of piperidine rings is 1. The van der Waals surface area contributed by atoms with Crippen LogP contribution < -0.4 is 11.1 Å². The zero-order valence-corrected chi connectivity index (χ0v) is 30.6. The second-order valence-electron chi connectivity index (χ2n) is 12.8. The first-order valence-electron chi connectivity index (χ1n) is 16.8. The first-order valence-corrected chi connectivity index (χ1v) is 18.0. The molecule has 1 atom stereocenters. The quantitative estimate of drug-likeness (QED) is 0.131. The Balaban J connectivity index is 1.13. The number of esters is 2. The largest absolute Gasteiger partial charge is 0.491 e. The predicted octanol–water partition coefficient (Wildman–Crippen LogP) is 6.10. The number of carbonyl (C=O) groups excluding carboxylic acids is 3. The number of aromatic nitrogens is 3. The summed E-state index contributed by atoms with van der Waals surface area (Å²) in [6.07, 6.45) is -3.77. The Morgan fingerprint density at radius 3 is 2.47 bits per heavy atom. The molecule has 2 aromatic heterocycles. The maximum atomic E-state index is 13.9. The molecule has 4 heterocycles. The molecule has 2 aliphatic heterocycles. The van der Waals surface area contributed by atoms with Crippen LogP contribution in [0.1, 0.15) is 74.4 Å². The topological polar surface area (TPSA) is 145 Å². The molecule has 11 nitrogen and oxygen atoms in total. The van der Waals surface area contributed by atoms with E-state index in [4.69, 9.17) is 22.3 Å². The third-order valence-corrected chi connectivity index (χ3v) is 10.7. The van der Waals surface area contributed by atoms with Gasteiger partial charge in [0.1, 0.15) is 16.9 Å². The minimum atomic E-state index is -5.32. The van der Waals surface area contributed by atoms with E-state index in [0.29, 0.717) is 42.0 Å². The summed E-state index contributed by atoms with van der Waals surface area (Å²) in [4.78, 5) is 45.6. The van der Waals surface area contributed by atoms with Gasteiger partial charge >= 0.3 is 18.1 Å². The van der Waals surface area contributed by atoms with Crippen LogP contribution in [0.5, 0.6) is 0 Å². The maximum Gasteiger partial charge on any atom is 0.491 e. The number of nitrogens with one attached hydrogen (secondary N) is 1. The number of hydrogen-bond donors (Lipinski definition) is 2. The van der Waals surface area contributed by atoms with Crippen molar-refractivity contribution in [3.8, 4) is 16.8 Å². The molecular formula is C37H35ClF3N7O4S. The van der Waals surface area contributed by atoms with Crippen LogP contribution in [0.25, 0.3) is 5.00 Å². The van der Waals surface area contributed by atoms with E-state index < -0.39 is 24.2 Å². The van der Waals surface area contributed by atoms with E-state index in [2.05, 4.69) is 45.9 Å². The van der Waals surface area contributed by atoms with Crippen LogP contribution in [0, 0.1) is 38.5 Å². The predicted molar refractivity (Wildman–Crippen MR) is 195 cm³/mol. The summed E-state index contributed by atoms with van der Waals surface area (Å²) in [7, 11) is 0. The number of aliphatic imine (C=N–C) groups is 1. The number of nitrogens with two attached hydrogens (primary N) is 1. The van der Waals surface area contributed by atoms with Crippen molar-refractivity contribution in [1.29, 1.82) is 0 Å². The first-order chi connectivity index (χ1) is 25.2. The molecule has 2 aromatic carbocycles. The molecule has 6 rings (SSSR count). The van der Waals surface area contributed by atoms with Crippen molar-refractivity contribution in [3.05, 3.63) is 91.8 Å². The molecule has 4 aromatic rings. The van der Waals surface area contributed by atoms with E-state index in [1.54, 1.807) is 11.3 Å². The fourth-order valence-corrected chi connectivity index (χ4v) is 7.69. The second kappa shape index (κ2) is 15.5. The lowest BCUT2D eigenvalue weighted by molar-refractivity contribution is -0.193. The molecule has 0 saturated carbocycles. The average Bonchev–Trinajstić information content (AvgIpc) is 3.61. The molecule has 0 unspecified atom stereocenters. The van der Waals surface area contributed by atoms with Crippen LogP contribution in [-0.2, 0) is 14.3 Å². The number of fused-ring (bicyclic) bond motifs is 3. The number of thiophene rings is 1. The van der Waals surface area contributed by atoms with Crippen molar-refractivity contribution in [2.75, 3.05) is 31.5 Å². The Kier molecular flexibility index (Phi) is 11.0. The molecule has 0 spiro atoms. The number of benzene rings is 2. The van der Waals surface area contributed by atoms with Crippen LogP contribution in [-0.4, -0.2) is 75.6 Å². The van der Waals surface area contributed by atoms with E-state index in [-0.39, 0.29) is 35.9 Å². The number of hydrogen-bond acceptors (Lipinski definition) is 10. The minimum Gasteiger partial charge on any atom is -0.385 e. The van der Waals surface area contributed by atoms with Gasteiger partial charge in [-0.1, -0.05) is 35.6 Å². The molecule has 16 heteroatoms. The third kappa shape index (κ3) is 8.14.